The van der Waals surface area contributed by atoms with Crippen LogP contribution in [0.3, 0.4) is 0 Å². The van der Waals surface area contributed by atoms with Crippen molar-refractivity contribution in [1.29, 1.82) is 0 Å². The second-order valence-electron chi connectivity index (χ2n) is 3.26. The van der Waals surface area contributed by atoms with Gasteiger partial charge in [-0.2, -0.15) is 13.2 Å². The molecule has 3 nitrogen and oxygen atoms in total. The van der Waals surface area contributed by atoms with E-state index in [1.54, 1.807) is 0 Å². The summed E-state index contributed by atoms with van der Waals surface area (Å²) in [5, 5.41) is 0. The summed E-state index contributed by atoms with van der Waals surface area (Å²) in [5.41, 5.74) is -3.54. The van der Waals surface area contributed by atoms with Gasteiger partial charge in [0.05, 0.1) is 13.3 Å². The van der Waals surface area contributed by atoms with E-state index in [1.807, 2.05) is 0 Å². The molecule has 0 saturated heterocycles. The lowest BCUT2D eigenvalue weighted by atomic mass is 10.1. The van der Waals surface area contributed by atoms with E-state index in [0.29, 0.717) is 7.11 Å². The number of hydrogen-bond donors (Lipinski definition) is 0. The van der Waals surface area contributed by atoms with Crippen LogP contribution in [0.5, 0.6) is 11.5 Å². The molecule has 0 radical (unpaired) electrons. The Bertz CT molecular complexity index is 482. The second-order valence-corrected chi connectivity index (χ2v) is 3.26. The van der Waals surface area contributed by atoms with Gasteiger partial charge in [0.15, 0.2) is 17.2 Å². The van der Waals surface area contributed by atoms with Crippen LogP contribution in [0, 0.1) is 0 Å². The van der Waals surface area contributed by atoms with E-state index in [1.165, 1.54) is 0 Å². The highest BCUT2D eigenvalue weighted by molar-refractivity contribution is 5.48. The second kappa shape index (κ2) is 5.29. The molecule has 1 aromatic heterocycles. The van der Waals surface area contributed by atoms with Crippen molar-refractivity contribution < 1.29 is 44.6 Å². The number of methoxy groups -OCH3 is 1. The summed E-state index contributed by atoms with van der Waals surface area (Å²) in [5.74, 6) is -3.08. The van der Waals surface area contributed by atoms with Crippen LogP contribution in [0.15, 0.2) is 6.20 Å². The van der Waals surface area contributed by atoms with Crippen LogP contribution < -0.4 is 9.47 Å². The summed E-state index contributed by atoms with van der Waals surface area (Å²) < 4.78 is 106. The number of nitrogens with zero attached hydrogens (tertiary/aromatic N) is 1. The molecule has 0 unspecified atom stereocenters. The van der Waals surface area contributed by atoms with Crippen LogP contribution in [0.1, 0.15) is 17.7 Å². The van der Waals surface area contributed by atoms with E-state index in [0.717, 1.165) is 0 Å². The SMILES string of the molecule is COc1c(C(F)(F)F)ncc(OC(F)(F)F)c1C(F)F. The first-order valence-corrected chi connectivity index (χ1v) is 4.65. The predicted molar refractivity (Wildman–Crippen MR) is 47.4 cm³/mol. The van der Waals surface area contributed by atoms with Gasteiger partial charge in [-0.15, -0.1) is 13.2 Å². The van der Waals surface area contributed by atoms with Crippen molar-refractivity contribution in [3.8, 4) is 11.5 Å². The number of alkyl halides is 8. The molecule has 1 aromatic rings. The number of ether oxygens (including phenoxy) is 2. The molecule has 114 valence electrons. The monoisotopic (exact) mass is 311 g/mol. The van der Waals surface area contributed by atoms with Crippen molar-refractivity contribution in [3.63, 3.8) is 0 Å². The molecule has 11 heteroatoms. The summed E-state index contributed by atoms with van der Waals surface area (Å²) in [7, 11) is 0.593. The predicted octanol–water partition coefficient (Wildman–Crippen LogP) is 3.95. The largest absolute Gasteiger partial charge is 0.573 e. The average Bonchev–Trinajstić information content (AvgIpc) is 2.23. The number of rotatable bonds is 3. The Labute approximate surface area is 106 Å². The van der Waals surface area contributed by atoms with E-state index in [-0.39, 0.29) is 6.20 Å². The Morgan fingerprint density at radius 3 is 2.00 bits per heavy atom. The zero-order valence-electron chi connectivity index (χ0n) is 9.44. The van der Waals surface area contributed by atoms with Crippen LogP contribution in [-0.2, 0) is 6.18 Å². The smallest absolute Gasteiger partial charge is 0.494 e. The van der Waals surface area contributed by atoms with Crippen LogP contribution in [0.25, 0.3) is 0 Å². The van der Waals surface area contributed by atoms with E-state index in [2.05, 4.69) is 14.5 Å². The van der Waals surface area contributed by atoms with E-state index in [4.69, 9.17) is 0 Å². The van der Waals surface area contributed by atoms with Crippen LogP contribution in [0.2, 0.25) is 0 Å². The Morgan fingerprint density at radius 1 is 1.10 bits per heavy atom. The standard InChI is InChI=1S/C9H5F8NO2/c1-19-5-4(7(10)11)3(20-9(15,16)17)2-18-6(5)8(12,13)14/h2,7H,1H3. The third kappa shape index (κ3) is 3.61. The zero-order valence-corrected chi connectivity index (χ0v) is 9.44. The lowest BCUT2D eigenvalue weighted by Gasteiger charge is -2.18. The van der Waals surface area contributed by atoms with Crippen LogP contribution in [-0.4, -0.2) is 18.5 Å². The first-order chi connectivity index (χ1) is 8.97. The van der Waals surface area contributed by atoms with Crippen molar-refractivity contribution >= 4 is 0 Å². The fraction of sp³-hybridized carbons (Fsp3) is 0.444. The molecule has 1 rings (SSSR count). The molecule has 0 aromatic carbocycles. The number of pyridine rings is 1. The van der Waals surface area contributed by atoms with Gasteiger partial charge in [-0.3, -0.25) is 0 Å². The van der Waals surface area contributed by atoms with E-state index >= 15 is 0 Å². The Hall–Kier alpha value is -1.81. The molecule has 0 bridgehead atoms. The molecule has 0 spiro atoms. The van der Waals surface area contributed by atoms with E-state index in [9.17, 15) is 35.1 Å². The molecular formula is C9H5F8NO2. The molecule has 0 aliphatic carbocycles. The van der Waals surface area contributed by atoms with Gasteiger partial charge in [0.1, 0.15) is 5.56 Å². The quantitative estimate of drug-likeness (QED) is 0.792. The Kier molecular flexibility index (Phi) is 4.30. The summed E-state index contributed by atoms with van der Waals surface area (Å²) in [6.45, 7) is 0. The van der Waals surface area contributed by atoms with Crippen molar-refractivity contribution in [1.82, 2.24) is 4.98 Å². The summed E-state index contributed by atoms with van der Waals surface area (Å²) in [4.78, 5) is 2.64. The van der Waals surface area contributed by atoms with Crippen molar-refractivity contribution in [2.75, 3.05) is 7.11 Å². The van der Waals surface area contributed by atoms with Crippen LogP contribution in [0.4, 0.5) is 35.1 Å². The minimum absolute atomic E-state index is 0.0830. The summed E-state index contributed by atoms with van der Waals surface area (Å²) in [6.07, 6.45) is -14.3. The maximum atomic E-state index is 12.7. The first-order valence-electron chi connectivity index (χ1n) is 4.65. The maximum Gasteiger partial charge on any atom is 0.573 e. The van der Waals surface area contributed by atoms with Gasteiger partial charge in [0.2, 0.25) is 0 Å². The lowest BCUT2D eigenvalue weighted by molar-refractivity contribution is -0.275. The molecule has 0 aliphatic rings. The van der Waals surface area contributed by atoms with Gasteiger partial charge in [-0.25, -0.2) is 13.8 Å². The first kappa shape index (κ1) is 16.2. The minimum Gasteiger partial charge on any atom is -0.494 e. The highest BCUT2D eigenvalue weighted by Gasteiger charge is 2.42. The molecule has 0 aliphatic heterocycles. The highest BCUT2D eigenvalue weighted by Crippen LogP contribution is 2.44. The number of halogens is 8. The topological polar surface area (TPSA) is 31.4 Å². The summed E-state index contributed by atoms with van der Waals surface area (Å²) >= 11 is 0. The molecular weight excluding hydrogens is 306 g/mol. The van der Waals surface area contributed by atoms with Crippen molar-refractivity contribution in [2.45, 2.75) is 19.0 Å². The fourth-order valence-electron chi connectivity index (χ4n) is 1.31. The zero-order chi connectivity index (χ0) is 15.7. The third-order valence-electron chi connectivity index (χ3n) is 1.95. The third-order valence-corrected chi connectivity index (χ3v) is 1.95. The van der Waals surface area contributed by atoms with Crippen molar-refractivity contribution in [3.05, 3.63) is 17.5 Å². The number of aromatic nitrogens is 1. The van der Waals surface area contributed by atoms with Gasteiger partial charge in [-0.1, -0.05) is 0 Å². The molecule has 20 heavy (non-hydrogen) atoms. The average molecular weight is 311 g/mol. The van der Waals surface area contributed by atoms with Gasteiger partial charge < -0.3 is 9.47 Å². The molecule has 0 amide bonds. The fourth-order valence-corrected chi connectivity index (χ4v) is 1.31. The highest BCUT2D eigenvalue weighted by atomic mass is 19.4. The van der Waals surface area contributed by atoms with Crippen LogP contribution >= 0.6 is 0 Å². The molecule has 0 fully saturated rings. The normalized spacial score (nSPS) is 12.7. The van der Waals surface area contributed by atoms with Gasteiger partial charge in [0, 0.05) is 0 Å². The Balaban J connectivity index is 3.50. The van der Waals surface area contributed by atoms with Gasteiger partial charge in [-0.05, 0) is 0 Å². The van der Waals surface area contributed by atoms with E-state index < -0.39 is 41.7 Å². The lowest BCUT2D eigenvalue weighted by Crippen LogP contribution is -2.20. The Morgan fingerprint density at radius 2 is 1.65 bits per heavy atom. The van der Waals surface area contributed by atoms with Gasteiger partial charge >= 0.3 is 12.5 Å². The molecule has 1 heterocycles. The molecule has 0 atom stereocenters. The maximum absolute atomic E-state index is 12.7. The molecule has 0 N–H and O–H groups in total. The summed E-state index contributed by atoms with van der Waals surface area (Å²) in [6, 6.07) is 0. The van der Waals surface area contributed by atoms with Crippen molar-refractivity contribution in [2.24, 2.45) is 0 Å². The molecule has 0 saturated carbocycles. The minimum atomic E-state index is -5.36. The van der Waals surface area contributed by atoms with Gasteiger partial charge in [0.25, 0.3) is 6.43 Å². The number of hydrogen-bond acceptors (Lipinski definition) is 3.